The molecule has 1 aliphatic rings. The van der Waals surface area contributed by atoms with Crippen molar-refractivity contribution in [1.82, 2.24) is 9.47 Å². The van der Waals surface area contributed by atoms with Crippen LogP contribution in [0.3, 0.4) is 0 Å². The molecule has 0 radical (unpaired) electrons. The van der Waals surface area contributed by atoms with Gasteiger partial charge in [-0.2, -0.15) is 0 Å². The highest BCUT2D eigenvalue weighted by Gasteiger charge is 2.22. The average Bonchev–Trinajstić information content (AvgIpc) is 3.05. The maximum Gasteiger partial charge on any atom is 0.165 e. The third-order valence-electron chi connectivity index (χ3n) is 6.09. The summed E-state index contributed by atoms with van der Waals surface area (Å²) >= 11 is 0. The standard InChI is InChI=1S/C24H26F2N2O/c1-27-16-21(20-14-19(25)7-8-23(20)27)24(29)9-6-17-10-12-28(13-11-17)15-18-4-2-3-5-22(18)26/h2-5,7-8,14,16-17H,6,9-13,15H2,1H3. The minimum absolute atomic E-state index is 0.0787. The number of fused-ring (bicyclic) bond motifs is 1. The maximum atomic E-state index is 13.8. The number of halogens is 2. The number of hydrogen-bond acceptors (Lipinski definition) is 2. The SMILES string of the molecule is Cn1cc(C(=O)CCC2CCN(Cc3ccccc3F)CC2)c2cc(F)ccc21. The van der Waals surface area contributed by atoms with Crippen LogP contribution in [0, 0.1) is 17.6 Å². The summed E-state index contributed by atoms with van der Waals surface area (Å²) in [7, 11) is 1.88. The van der Waals surface area contributed by atoms with Gasteiger partial charge in [-0.25, -0.2) is 8.78 Å². The second kappa shape index (κ2) is 8.46. The number of likely N-dealkylation sites (tertiary alicyclic amines) is 1. The van der Waals surface area contributed by atoms with Crippen LogP contribution < -0.4 is 0 Å². The molecule has 152 valence electrons. The summed E-state index contributed by atoms with van der Waals surface area (Å²) in [5.41, 5.74) is 2.22. The first-order chi connectivity index (χ1) is 14.0. The highest BCUT2D eigenvalue weighted by Crippen LogP contribution is 2.27. The topological polar surface area (TPSA) is 25.2 Å². The molecule has 2 heterocycles. The van der Waals surface area contributed by atoms with Crippen molar-refractivity contribution in [2.45, 2.75) is 32.2 Å². The summed E-state index contributed by atoms with van der Waals surface area (Å²) < 4.78 is 29.4. The molecular weight excluding hydrogens is 370 g/mol. The van der Waals surface area contributed by atoms with Crippen LogP contribution in [-0.4, -0.2) is 28.3 Å². The van der Waals surface area contributed by atoms with Crippen LogP contribution in [0.25, 0.3) is 10.9 Å². The Labute approximate surface area is 169 Å². The summed E-state index contributed by atoms with van der Waals surface area (Å²) in [6, 6.07) is 11.5. The lowest BCUT2D eigenvalue weighted by atomic mass is 9.90. The normalized spacial score (nSPS) is 15.8. The van der Waals surface area contributed by atoms with Crippen LogP contribution >= 0.6 is 0 Å². The van der Waals surface area contributed by atoms with E-state index in [-0.39, 0.29) is 17.4 Å². The number of hydrogen-bond donors (Lipinski definition) is 0. The molecule has 4 rings (SSSR count). The zero-order chi connectivity index (χ0) is 20.4. The third kappa shape index (κ3) is 4.40. The van der Waals surface area contributed by atoms with E-state index in [9.17, 15) is 13.6 Å². The Morgan fingerprint density at radius 2 is 1.86 bits per heavy atom. The number of carbonyl (C=O) groups is 1. The number of Topliss-reactive ketones (excluding diaryl/α,β-unsaturated/α-hetero) is 1. The highest BCUT2D eigenvalue weighted by atomic mass is 19.1. The Balaban J connectivity index is 1.31. The first-order valence-electron chi connectivity index (χ1n) is 10.2. The molecule has 5 heteroatoms. The van der Waals surface area contributed by atoms with Gasteiger partial charge in [0.15, 0.2) is 5.78 Å². The van der Waals surface area contributed by atoms with Gasteiger partial charge in [-0.15, -0.1) is 0 Å². The average molecular weight is 396 g/mol. The van der Waals surface area contributed by atoms with Crippen molar-refractivity contribution >= 4 is 16.7 Å². The number of ketones is 1. The Hall–Kier alpha value is -2.53. The molecule has 2 aromatic carbocycles. The Kier molecular flexibility index (Phi) is 5.76. The lowest BCUT2D eigenvalue weighted by Gasteiger charge is -2.32. The molecule has 0 atom stereocenters. The monoisotopic (exact) mass is 396 g/mol. The predicted octanol–water partition coefficient (Wildman–Crippen LogP) is 5.33. The fourth-order valence-corrected chi connectivity index (χ4v) is 4.36. The van der Waals surface area contributed by atoms with E-state index in [1.165, 1.54) is 18.2 Å². The number of nitrogens with zero attached hydrogens (tertiary/aromatic N) is 2. The summed E-state index contributed by atoms with van der Waals surface area (Å²) in [4.78, 5) is 15.1. The number of aryl methyl sites for hydroxylation is 1. The molecular formula is C24H26F2N2O. The van der Waals surface area contributed by atoms with Gasteiger partial charge in [0, 0.05) is 48.2 Å². The van der Waals surface area contributed by atoms with Gasteiger partial charge in [0.25, 0.3) is 0 Å². The minimum atomic E-state index is -0.319. The number of rotatable bonds is 6. The lowest BCUT2D eigenvalue weighted by molar-refractivity contribution is 0.0962. The van der Waals surface area contributed by atoms with Crippen LogP contribution in [0.15, 0.2) is 48.7 Å². The predicted molar refractivity (Wildman–Crippen MR) is 111 cm³/mol. The van der Waals surface area contributed by atoms with E-state index in [0.29, 0.717) is 29.8 Å². The molecule has 1 aliphatic heterocycles. The van der Waals surface area contributed by atoms with Crippen LogP contribution in [0.5, 0.6) is 0 Å². The number of piperidine rings is 1. The van der Waals surface area contributed by atoms with Gasteiger partial charge >= 0.3 is 0 Å². The first kappa shape index (κ1) is 19.8. The molecule has 0 bridgehead atoms. The number of benzene rings is 2. The molecule has 29 heavy (non-hydrogen) atoms. The van der Waals surface area contributed by atoms with E-state index < -0.39 is 0 Å². The van der Waals surface area contributed by atoms with Crippen molar-refractivity contribution in [3.05, 3.63) is 71.4 Å². The largest absolute Gasteiger partial charge is 0.350 e. The van der Waals surface area contributed by atoms with Crippen LogP contribution in [-0.2, 0) is 13.6 Å². The van der Waals surface area contributed by atoms with Gasteiger partial charge in [-0.05, 0) is 62.5 Å². The van der Waals surface area contributed by atoms with Crippen LogP contribution in [0.1, 0.15) is 41.6 Å². The Morgan fingerprint density at radius 1 is 1.10 bits per heavy atom. The van der Waals surface area contributed by atoms with Gasteiger partial charge in [0.05, 0.1) is 0 Å². The van der Waals surface area contributed by atoms with Crippen molar-refractivity contribution in [3.8, 4) is 0 Å². The summed E-state index contributed by atoms with van der Waals surface area (Å²) in [5.74, 6) is 0.115. The van der Waals surface area contributed by atoms with E-state index in [2.05, 4.69) is 4.90 Å². The van der Waals surface area contributed by atoms with Crippen molar-refractivity contribution in [2.24, 2.45) is 13.0 Å². The quantitative estimate of drug-likeness (QED) is 0.526. The minimum Gasteiger partial charge on any atom is -0.350 e. The Bertz CT molecular complexity index is 1020. The number of carbonyl (C=O) groups excluding carboxylic acids is 1. The van der Waals surface area contributed by atoms with E-state index in [4.69, 9.17) is 0 Å². The second-order valence-corrected chi connectivity index (χ2v) is 8.09. The van der Waals surface area contributed by atoms with Crippen molar-refractivity contribution < 1.29 is 13.6 Å². The summed E-state index contributed by atoms with van der Waals surface area (Å²) in [6.07, 6.45) is 5.17. The van der Waals surface area contributed by atoms with Crippen molar-refractivity contribution in [2.75, 3.05) is 13.1 Å². The summed E-state index contributed by atoms with van der Waals surface area (Å²) in [6.45, 7) is 2.49. The zero-order valence-electron chi connectivity index (χ0n) is 16.7. The highest BCUT2D eigenvalue weighted by molar-refractivity contribution is 6.08. The van der Waals surface area contributed by atoms with Gasteiger partial charge < -0.3 is 4.57 Å². The fraction of sp³-hybridized carbons (Fsp3) is 0.375. The molecule has 0 saturated carbocycles. The number of aromatic nitrogens is 1. The molecule has 0 unspecified atom stereocenters. The van der Waals surface area contributed by atoms with Crippen molar-refractivity contribution in [3.63, 3.8) is 0 Å². The van der Waals surface area contributed by atoms with Crippen LogP contribution in [0.2, 0.25) is 0 Å². The first-order valence-corrected chi connectivity index (χ1v) is 10.2. The molecule has 0 amide bonds. The molecule has 0 N–H and O–H groups in total. The van der Waals surface area contributed by atoms with Gasteiger partial charge in [0.1, 0.15) is 11.6 Å². The molecule has 3 nitrogen and oxygen atoms in total. The van der Waals surface area contributed by atoms with Crippen LogP contribution in [0.4, 0.5) is 8.78 Å². The van der Waals surface area contributed by atoms with E-state index in [0.717, 1.165) is 43.4 Å². The van der Waals surface area contributed by atoms with Crippen molar-refractivity contribution in [1.29, 1.82) is 0 Å². The lowest BCUT2D eigenvalue weighted by Crippen LogP contribution is -2.33. The fourth-order valence-electron chi connectivity index (χ4n) is 4.36. The third-order valence-corrected chi connectivity index (χ3v) is 6.09. The molecule has 1 fully saturated rings. The van der Waals surface area contributed by atoms with Gasteiger partial charge in [-0.1, -0.05) is 18.2 Å². The Morgan fingerprint density at radius 3 is 2.62 bits per heavy atom. The molecule has 3 aromatic rings. The molecule has 1 aromatic heterocycles. The maximum absolute atomic E-state index is 13.8. The van der Waals surface area contributed by atoms with Gasteiger partial charge in [-0.3, -0.25) is 9.69 Å². The molecule has 0 spiro atoms. The second-order valence-electron chi connectivity index (χ2n) is 8.09. The van der Waals surface area contributed by atoms with E-state index in [1.807, 2.05) is 29.9 Å². The van der Waals surface area contributed by atoms with E-state index in [1.54, 1.807) is 12.1 Å². The smallest absolute Gasteiger partial charge is 0.165 e. The molecule has 0 aliphatic carbocycles. The molecule has 1 saturated heterocycles. The van der Waals surface area contributed by atoms with E-state index >= 15 is 0 Å². The van der Waals surface area contributed by atoms with Gasteiger partial charge in [0.2, 0.25) is 0 Å². The zero-order valence-corrected chi connectivity index (χ0v) is 16.7. The summed E-state index contributed by atoms with van der Waals surface area (Å²) in [5, 5.41) is 0.692.